The van der Waals surface area contributed by atoms with Gasteiger partial charge in [0, 0.05) is 13.6 Å². The molecular weight excluding hydrogens is 102 g/mol. The fourth-order valence-electron chi connectivity index (χ4n) is 0.748. The van der Waals surface area contributed by atoms with E-state index in [-0.39, 0.29) is 5.91 Å². The van der Waals surface area contributed by atoms with E-state index in [2.05, 4.69) is 6.42 Å². The van der Waals surface area contributed by atoms with Crippen LogP contribution in [-0.4, -0.2) is 24.4 Å². The first-order valence-electron chi connectivity index (χ1n) is 2.79. The fraction of sp³-hybridized carbons (Fsp3) is 0.667. The summed E-state index contributed by atoms with van der Waals surface area (Å²) in [5, 5.41) is 0. The molecule has 0 spiro atoms. The fourth-order valence-corrected chi connectivity index (χ4v) is 0.748. The molecule has 0 unspecified atom stereocenters. The van der Waals surface area contributed by atoms with Gasteiger partial charge in [0.2, 0.25) is 5.91 Å². The number of amides is 1. The molecule has 1 rings (SSSR count). The Balaban J connectivity index is 2.39. The zero-order valence-corrected chi connectivity index (χ0v) is 4.98. The lowest BCUT2D eigenvalue weighted by Crippen LogP contribution is -2.31. The van der Waals surface area contributed by atoms with Crippen LogP contribution in [0.1, 0.15) is 12.8 Å². The number of carbonyl (C=O) groups is 1. The predicted octanol–water partition coefficient (Wildman–Crippen LogP) is 0.320. The molecule has 0 aromatic carbocycles. The minimum absolute atomic E-state index is 0.0521. The lowest BCUT2D eigenvalue weighted by atomic mass is 10.1. The molecule has 0 N–H and O–H groups in total. The van der Waals surface area contributed by atoms with Crippen LogP contribution in [0.5, 0.6) is 0 Å². The quantitative estimate of drug-likeness (QED) is 0.441. The van der Waals surface area contributed by atoms with Gasteiger partial charge in [-0.25, -0.2) is 0 Å². The van der Waals surface area contributed by atoms with Crippen molar-refractivity contribution in [3.05, 3.63) is 6.42 Å². The molecule has 2 nitrogen and oxygen atoms in total. The minimum Gasteiger partial charge on any atom is -0.345 e. The summed E-state index contributed by atoms with van der Waals surface area (Å²) in [5.74, 6) is 0.0521. The van der Waals surface area contributed by atoms with Gasteiger partial charge in [0.05, 0.1) is 6.42 Å². The summed E-state index contributed by atoms with van der Waals surface area (Å²) in [6.07, 6.45) is 4.63. The molecule has 0 bridgehead atoms. The molecule has 8 heavy (non-hydrogen) atoms. The second kappa shape index (κ2) is 2.16. The number of carbonyl (C=O) groups excluding carboxylic acids is 1. The summed E-state index contributed by atoms with van der Waals surface area (Å²) >= 11 is 0. The van der Waals surface area contributed by atoms with Gasteiger partial charge in [0.1, 0.15) is 0 Å². The summed E-state index contributed by atoms with van der Waals surface area (Å²) in [6.45, 7) is 0.895. The number of likely N-dealkylation sites (tertiary alicyclic amines) is 1. The highest BCUT2D eigenvalue weighted by atomic mass is 16.2. The van der Waals surface area contributed by atoms with Gasteiger partial charge in [-0.2, -0.15) is 0 Å². The number of nitrogens with zero attached hydrogens (tertiary/aromatic N) is 1. The summed E-state index contributed by atoms with van der Waals surface area (Å²) in [7, 11) is 1.80. The molecule has 1 fully saturated rings. The molecule has 2 radical (unpaired) electrons. The topological polar surface area (TPSA) is 20.3 Å². The second-order valence-corrected chi connectivity index (χ2v) is 2.01. The number of hydrogen-bond donors (Lipinski definition) is 0. The van der Waals surface area contributed by atoms with Crippen molar-refractivity contribution < 1.29 is 4.79 Å². The maximum absolute atomic E-state index is 10.6. The maximum atomic E-state index is 10.6. The van der Waals surface area contributed by atoms with Crippen molar-refractivity contribution in [2.24, 2.45) is 0 Å². The normalized spacial score (nSPS) is 21.6. The Kier molecular flexibility index (Phi) is 1.51. The first-order chi connectivity index (χ1) is 3.80. The van der Waals surface area contributed by atoms with Gasteiger partial charge in [0.15, 0.2) is 0 Å². The average Bonchev–Trinajstić information content (AvgIpc) is 1.77. The monoisotopic (exact) mass is 111 g/mol. The Hall–Kier alpha value is -0.530. The lowest BCUT2D eigenvalue weighted by Gasteiger charge is -2.20. The molecule has 0 aromatic rings. The van der Waals surface area contributed by atoms with Gasteiger partial charge < -0.3 is 4.90 Å². The van der Waals surface area contributed by atoms with Gasteiger partial charge in [-0.3, -0.25) is 4.79 Å². The van der Waals surface area contributed by atoms with Gasteiger partial charge in [-0.1, -0.05) is 0 Å². The zero-order chi connectivity index (χ0) is 5.98. The van der Waals surface area contributed by atoms with Crippen molar-refractivity contribution in [1.82, 2.24) is 4.90 Å². The summed E-state index contributed by atoms with van der Waals surface area (Å²) in [4.78, 5) is 12.3. The molecule has 0 saturated carbocycles. The Bertz CT molecular complexity index is 101. The molecule has 2 heteroatoms. The van der Waals surface area contributed by atoms with Crippen LogP contribution in [0, 0.1) is 6.42 Å². The van der Waals surface area contributed by atoms with Crippen LogP contribution in [-0.2, 0) is 4.79 Å². The first-order valence-corrected chi connectivity index (χ1v) is 2.79. The molecule has 1 saturated heterocycles. The van der Waals surface area contributed by atoms with Crippen molar-refractivity contribution in [2.75, 3.05) is 13.6 Å². The second-order valence-electron chi connectivity index (χ2n) is 2.01. The Morgan fingerprint density at radius 2 is 2.50 bits per heavy atom. The van der Waals surface area contributed by atoms with E-state index < -0.39 is 0 Å². The maximum Gasteiger partial charge on any atom is 0.230 e. The lowest BCUT2D eigenvalue weighted by molar-refractivity contribution is -0.127. The van der Waals surface area contributed by atoms with E-state index in [9.17, 15) is 4.79 Å². The van der Waals surface area contributed by atoms with Gasteiger partial charge in [-0.15, -0.1) is 0 Å². The molecule has 1 amide bonds. The highest BCUT2D eigenvalue weighted by Crippen LogP contribution is 2.05. The molecular formula is C6H9NO. The van der Waals surface area contributed by atoms with Gasteiger partial charge in [-0.05, 0) is 12.8 Å². The largest absolute Gasteiger partial charge is 0.345 e. The third kappa shape index (κ3) is 0.997. The van der Waals surface area contributed by atoms with Crippen molar-refractivity contribution in [3.63, 3.8) is 0 Å². The molecule has 1 heterocycles. The summed E-state index contributed by atoms with van der Waals surface area (Å²) < 4.78 is 0. The summed E-state index contributed by atoms with van der Waals surface area (Å²) in [6, 6.07) is 0. The number of piperidine rings is 1. The first kappa shape index (κ1) is 5.60. The van der Waals surface area contributed by atoms with Crippen LogP contribution in [0.2, 0.25) is 0 Å². The van der Waals surface area contributed by atoms with Crippen molar-refractivity contribution in [1.29, 1.82) is 0 Å². The Morgan fingerprint density at radius 1 is 1.75 bits per heavy atom. The third-order valence-corrected chi connectivity index (χ3v) is 1.29. The minimum atomic E-state index is 0.0521. The Morgan fingerprint density at radius 3 is 2.88 bits per heavy atom. The molecule has 0 atom stereocenters. The van der Waals surface area contributed by atoms with Crippen LogP contribution in [0.15, 0.2) is 0 Å². The van der Waals surface area contributed by atoms with E-state index in [1.165, 1.54) is 0 Å². The molecule has 1 aliphatic heterocycles. The number of rotatable bonds is 0. The summed E-state index contributed by atoms with van der Waals surface area (Å²) in [5.41, 5.74) is 0. The predicted molar refractivity (Wildman–Crippen MR) is 30.1 cm³/mol. The van der Waals surface area contributed by atoms with E-state index in [1.54, 1.807) is 11.9 Å². The number of hydrogen-bond acceptors (Lipinski definition) is 1. The van der Waals surface area contributed by atoms with E-state index >= 15 is 0 Å². The van der Waals surface area contributed by atoms with Crippen LogP contribution in [0.3, 0.4) is 0 Å². The smallest absolute Gasteiger partial charge is 0.230 e. The molecule has 0 aliphatic carbocycles. The third-order valence-electron chi connectivity index (χ3n) is 1.29. The van der Waals surface area contributed by atoms with E-state index in [1.807, 2.05) is 0 Å². The molecule has 44 valence electrons. The van der Waals surface area contributed by atoms with Crippen LogP contribution in [0.4, 0.5) is 0 Å². The van der Waals surface area contributed by atoms with E-state index in [4.69, 9.17) is 0 Å². The Labute approximate surface area is 49.5 Å². The molecule has 1 aliphatic rings. The van der Waals surface area contributed by atoms with Gasteiger partial charge in [0.25, 0.3) is 0 Å². The average molecular weight is 111 g/mol. The van der Waals surface area contributed by atoms with Crippen LogP contribution in [0.25, 0.3) is 0 Å². The zero-order valence-electron chi connectivity index (χ0n) is 4.98. The SMILES string of the molecule is CN1CCC[C]C1=O. The van der Waals surface area contributed by atoms with Crippen molar-refractivity contribution in [2.45, 2.75) is 12.8 Å². The highest BCUT2D eigenvalue weighted by molar-refractivity contribution is 5.85. The van der Waals surface area contributed by atoms with E-state index in [0.29, 0.717) is 0 Å². The van der Waals surface area contributed by atoms with Crippen LogP contribution >= 0.6 is 0 Å². The van der Waals surface area contributed by atoms with Crippen molar-refractivity contribution in [3.8, 4) is 0 Å². The van der Waals surface area contributed by atoms with Gasteiger partial charge >= 0.3 is 0 Å². The molecule has 0 aromatic heterocycles. The highest BCUT2D eigenvalue weighted by Gasteiger charge is 2.13. The van der Waals surface area contributed by atoms with E-state index in [0.717, 1.165) is 19.4 Å². The standard InChI is InChI=1S/C6H9NO/c1-7-5-3-2-4-6(7)8/h2-3,5H2,1H3. The van der Waals surface area contributed by atoms with Crippen molar-refractivity contribution >= 4 is 5.91 Å². The van der Waals surface area contributed by atoms with Crippen LogP contribution < -0.4 is 0 Å².